The van der Waals surface area contributed by atoms with Crippen molar-refractivity contribution in [2.24, 2.45) is 0 Å². The lowest BCUT2D eigenvalue weighted by Gasteiger charge is -2.23. The van der Waals surface area contributed by atoms with E-state index < -0.39 is 34.2 Å². The van der Waals surface area contributed by atoms with Crippen LogP contribution in [-0.4, -0.2) is 48.8 Å². The highest BCUT2D eigenvalue weighted by Gasteiger charge is 2.33. The number of rotatable bonds is 7. The van der Waals surface area contributed by atoms with Crippen LogP contribution >= 0.6 is 0 Å². The molecule has 12 heteroatoms. The number of nitriles is 1. The van der Waals surface area contributed by atoms with Gasteiger partial charge < -0.3 is 10.6 Å². The Labute approximate surface area is 201 Å². The average molecular weight is 499 g/mol. The lowest BCUT2D eigenvalue weighted by molar-refractivity contribution is -0.113. The standard InChI is InChI=1S/C23H20F2N6O3S/c1-35(34)12-20(32)29-22-21-18(30-31(22)19-5-3-14(10-26)11-27-19)9-17(28-23(21)33)4-2-13-6-15(24)8-16(25)7-13/h3,5-8,11,17H,2,4,9,12H2,1H3,(H,28,33)(H,29,32)/t17-,35?/m0/s1. The SMILES string of the molecule is CS(=O)CC(=O)Nc1c2c(nn1-c1ccc(C#N)cn1)C[C@H](CCc1cc(F)cc(F)c1)NC2=O. The molecule has 9 nitrogen and oxygen atoms in total. The first-order valence-electron chi connectivity index (χ1n) is 10.6. The molecular formula is C23H20F2N6O3S. The van der Waals surface area contributed by atoms with Crippen LogP contribution in [0.4, 0.5) is 14.6 Å². The molecule has 0 spiro atoms. The predicted molar refractivity (Wildman–Crippen MR) is 123 cm³/mol. The highest BCUT2D eigenvalue weighted by atomic mass is 32.2. The van der Waals surface area contributed by atoms with Gasteiger partial charge in [0.1, 0.15) is 29.0 Å². The Morgan fingerprint density at radius 1 is 1.31 bits per heavy atom. The number of hydrogen-bond acceptors (Lipinski definition) is 6. The molecule has 0 saturated carbocycles. The number of halogens is 2. The van der Waals surface area contributed by atoms with Crippen LogP contribution in [0, 0.1) is 23.0 Å². The fourth-order valence-corrected chi connectivity index (χ4v) is 4.31. The van der Waals surface area contributed by atoms with Gasteiger partial charge >= 0.3 is 0 Å². The van der Waals surface area contributed by atoms with Crippen molar-refractivity contribution in [1.82, 2.24) is 20.1 Å². The van der Waals surface area contributed by atoms with Gasteiger partial charge in [-0.25, -0.2) is 13.8 Å². The van der Waals surface area contributed by atoms with Gasteiger partial charge in [0.25, 0.3) is 5.91 Å². The first-order chi connectivity index (χ1) is 16.7. The summed E-state index contributed by atoms with van der Waals surface area (Å²) in [5.41, 5.74) is 1.35. The Kier molecular flexibility index (Phi) is 6.97. The van der Waals surface area contributed by atoms with Crippen molar-refractivity contribution >= 4 is 28.4 Å². The summed E-state index contributed by atoms with van der Waals surface area (Å²) < 4.78 is 39.8. The summed E-state index contributed by atoms with van der Waals surface area (Å²) in [7, 11) is -1.40. The zero-order chi connectivity index (χ0) is 25.1. The molecule has 0 radical (unpaired) electrons. The van der Waals surface area contributed by atoms with Crippen LogP contribution in [0.1, 0.15) is 33.6 Å². The number of pyridine rings is 1. The summed E-state index contributed by atoms with van der Waals surface area (Å²) in [6, 6.07) is 7.95. The van der Waals surface area contributed by atoms with Crippen LogP contribution in [0.2, 0.25) is 0 Å². The zero-order valence-corrected chi connectivity index (χ0v) is 19.4. The van der Waals surface area contributed by atoms with Crippen LogP contribution in [0.25, 0.3) is 5.82 Å². The highest BCUT2D eigenvalue weighted by Crippen LogP contribution is 2.28. The quantitative estimate of drug-likeness (QED) is 0.513. The molecule has 0 bridgehead atoms. The van der Waals surface area contributed by atoms with Crippen LogP contribution in [0.15, 0.2) is 36.5 Å². The van der Waals surface area contributed by atoms with Crippen molar-refractivity contribution in [1.29, 1.82) is 5.26 Å². The van der Waals surface area contributed by atoms with Gasteiger partial charge in [0.15, 0.2) is 11.6 Å². The lowest BCUT2D eigenvalue weighted by atomic mass is 9.96. The van der Waals surface area contributed by atoms with Crippen molar-refractivity contribution in [3.63, 3.8) is 0 Å². The number of aromatic nitrogens is 3. The number of nitrogens with one attached hydrogen (secondary N) is 2. The third kappa shape index (κ3) is 5.58. The molecule has 3 heterocycles. The number of nitrogens with zero attached hydrogens (tertiary/aromatic N) is 4. The maximum Gasteiger partial charge on any atom is 0.257 e. The maximum absolute atomic E-state index is 13.5. The number of hydrogen-bond donors (Lipinski definition) is 2. The van der Waals surface area contributed by atoms with Gasteiger partial charge in [0.2, 0.25) is 5.91 Å². The van der Waals surface area contributed by atoms with Gasteiger partial charge in [-0.15, -0.1) is 0 Å². The molecule has 1 aliphatic heterocycles. The summed E-state index contributed by atoms with van der Waals surface area (Å²) >= 11 is 0. The Morgan fingerprint density at radius 2 is 2.06 bits per heavy atom. The number of benzene rings is 1. The minimum atomic E-state index is -1.40. The fraction of sp³-hybridized carbons (Fsp3) is 0.261. The summed E-state index contributed by atoms with van der Waals surface area (Å²) in [5, 5.41) is 19.0. The molecule has 4 rings (SSSR count). The van der Waals surface area contributed by atoms with Crippen LogP contribution in [-0.2, 0) is 28.4 Å². The molecule has 2 amide bonds. The van der Waals surface area contributed by atoms with E-state index in [-0.39, 0.29) is 29.0 Å². The normalized spacial score (nSPS) is 15.6. The van der Waals surface area contributed by atoms with E-state index in [2.05, 4.69) is 20.7 Å². The zero-order valence-electron chi connectivity index (χ0n) is 18.5. The molecule has 3 aromatic rings. The minimum absolute atomic E-state index is 0.0795. The third-order valence-electron chi connectivity index (χ3n) is 5.35. The fourth-order valence-electron chi connectivity index (χ4n) is 3.87. The van der Waals surface area contributed by atoms with Gasteiger partial charge in [-0.1, -0.05) is 0 Å². The van der Waals surface area contributed by atoms with Crippen molar-refractivity contribution in [2.45, 2.75) is 25.3 Å². The molecule has 1 unspecified atom stereocenters. The van der Waals surface area contributed by atoms with E-state index in [4.69, 9.17) is 5.26 Å². The van der Waals surface area contributed by atoms with E-state index in [1.165, 1.54) is 41.4 Å². The van der Waals surface area contributed by atoms with E-state index in [1.54, 1.807) is 0 Å². The van der Waals surface area contributed by atoms with Crippen molar-refractivity contribution < 1.29 is 22.6 Å². The molecule has 1 aromatic carbocycles. The van der Waals surface area contributed by atoms with E-state index in [0.29, 0.717) is 36.1 Å². The van der Waals surface area contributed by atoms with Gasteiger partial charge in [0.05, 0.1) is 11.3 Å². The molecular weight excluding hydrogens is 478 g/mol. The van der Waals surface area contributed by atoms with Crippen LogP contribution in [0.5, 0.6) is 0 Å². The van der Waals surface area contributed by atoms with E-state index in [9.17, 15) is 22.6 Å². The van der Waals surface area contributed by atoms with Gasteiger partial charge in [-0.2, -0.15) is 15.0 Å². The number of carbonyl (C=O) groups excluding carboxylic acids is 2. The largest absolute Gasteiger partial charge is 0.349 e. The third-order valence-corrected chi connectivity index (χ3v) is 6.02. The predicted octanol–water partition coefficient (Wildman–Crippen LogP) is 2.02. The number of fused-ring (bicyclic) bond motifs is 1. The van der Waals surface area contributed by atoms with Crippen LogP contribution in [0.3, 0.4) is 0 Å². The first kappa shape index (κ1) is 24.2. The lowest BCUT2D eigenvalue weighted by Crippen LogP contribution is -2.41. The van der Waals surface area contributed by atoms with Crippen molar-refractivity contribution in [2.75, 3.05) is 17.3 Å². The van der Waals surface area contributed by atoms with Crippen molar-refractivity contribution in [3.8, 4) is 11.9 Å². The molecule has 0 aliphatic carbocycles. The number of anilines is 1. The summed E-state index contributed by atoms with van der Waals surface area (Å²) in [6.07, 6.45) is 3.77. The van der Waals surface area contributed by atoms with E-state index in [0.717, 1.165) is 6.07 Å². The molecule has 0 fully saturated rings. The molecule has 180 valence electrons. The average Bonchev–Trinajstić information content (AvgIpc) is 3.15. The van der Waals surface area contributed by atoms with Gasteiger partial charge in [-0.05, 0) is 42.7 Å². The highest BCUT2D eigenvalue weighted by molar-refractivity contribution is 7.85. The Hall–Kier alpha value is -3.98. The number of aryl methyl sites for hydroxylation is 1. The maximum atomic E-state index is 13.5. The Morgan fingerprint density at radius 3 is 2.69 bits per heavy atom. The Bertz CT molecular complexity index is 1350. The second-order valence-electron chi connectivity index (χ2n) is 8.06. The number of amides is 2. The molecule has 1 aliphatic rings. The monoisotopic (exact) mass is 498 g/mol. The van der Waals surface area contributed by atoms with Crippen molar-refractivity contribution in [3.05, 3.63) is 70.5 Å². The molecule has 2 N–H and O–H groups in total. The number of carbonyl (C=O) groups is 2. The molecule has 35 heavy (non-hydrogen) atoms. The first-order valence-corrected chi connectivity index (χ1v) is 12.3. The summed E-state index contributed by atoms with van der Waals surface area (Å²) in [5.74, 6) is -2.30. The van der Waals surface area contributed by atoms with E-state index in [1.807, 2.05) is 6.07 Å². The molecule has 2 atom stereocenters. The Balaban J connectivity index is 1.63. The van der Waals surface area contributed by atoms with Crippen LogP contribution < -0.4 is 10.6 Å². The second-order valence-corrected chi connectivity index (χ2v) is 9.49. The smallest absolute Gasteiger partial charge is 0.257 e. The van der Waals surface area contributed by atoms with Gasteiger partial charge in [-0.3, -0.25) is 13.8 Å². The summed E-state index contributed by atoms with van der Waals surface area (Å²) in [6.45, 7) is 0. The van der Waals surface area contributed by atoms with E-state index >= 15 is 0 Å². The minimum Gasteiger partial charge on any atom is -0.349 e. The topological polar surface area (TPSA) is 130 Å². The van der Waals surface area contributed by atoms with Gasteiger partial charge in [0, 0.05) is 41.8 Å². The molecule has 0 saturated heterocycles. The molecule has 2 aromatic heterocycles. The summed E-state index contributed by atoms with van der Waals surface area (Å²) in [4.78, 5) is 29.6. The second kappa shape index (κ2) is 10.1.